The fourth-order valence-corrected chi connectivity index (χ4v) is 2.98. The summed E-state index contributed by atoms with van der Waals surface area (Å²) in [5, 5.41) is 3.31. The summed E-state index contributed by atoms with van der Waals surface area (Å²) < 4.78 is 4.92. The van der Waals surface area contributed by atoms with Gasteiger partial charge in [0.15, 0.2) is 0 Å². The molecule has 0 saturated heterocycles. The number of nitrogens with zero attached hydrogens (tertiary/aromatic N) is 1. The van der Waals surface area contributed by atoms with E-state index in [1.165, 1.54) is 12.0 Å². The van der Waals surface area contributed by atoms with Crippen LogP contribution in [0.25, 0.3) is 0 Å². The molecule has 4 nitrogen and oxygen atoms in total. The molecular weight excluding hydrogens is 272 g/mol. The van der Waals surface area contributed by atoms with Crippen LogP contribution in [-0.4, -0.2) is 35.4 Å². The lowest BCUT2D eigenvalue weighted by Gasteiger charge is -2.30. The Bertz CT molecular complexity index is 412. The predicted molar refractivity (Wildman–Crippen MR) is 82.9 cm³/mol. The van der Waals surface area contributed by atoms with Gasteiger partial charge in [-0.15, -0.1) is 11.8 Å². The van der Waals surface area contributed by atoms with Crippen LogP contribution < -0.4 is 5.32 Å². The maximum Gasteiger partial charge on any atom is 0.325 e. The molecule has 0 aliphatic rings. The average molecular weight is 296 g/mol. The van der Waals surface area contributed by atoms with Gasteiger partial charge in [-0.2, -0.15) is 0 Å². The summed E-state index contributed by atoms with van der Waals surface area (Å²) in [6.07, 6.45) is 5.29. The minimum Gasteiger partial charge on any atom is -0.468 e. The van der Waals surface area contributed by atoms with Crippen molar-refractivity contribution < 1.29 is 9.53 Å². The highest BCUT2D eigenvalue weighted by atomic mass is 32.2. The highest BCUT2D eigenvalue weighted by Gasteiger charge is 2.33. The van der Waals surface area contributed by atoms with Crippen molar-refractivity contribution >= 4 is 17.7 Å². The van der Waals surface area contributed by atoms with E-state index in [4.69, 9.17) is 4.74 Å². The molecule has 1 aromatic rings. The molecule has 1 N–H and O–H groups in total. The lowest BCUT2D eigenvalue weighted by Crippen LogP contribution is -2.53. The molecule has 0 aliphatic heterocycles. The van der Waals surface area contributed by atoms with E-state index in [2.05, 4.69) is 10.3 Å². The van der Waals surface area contributed by atoms with E-state index < -0.39 is 5.54 Å². The summed E-state index contributed by atoms with van der Waals surface area (Å²) in [6, 6.07) is 4.24. The molecule has 1 atom stereocenters. The van der Waals surface area contributed by atoms with Gasteiger partial charge >= 0.3 is 5.97 Å². The van der Waals surface area contributed by atoms with E-state index >= 15 is 0 Å². The second-order valence-electron chi connectivity index (χ2n) is 5.26. The molecule has 1 heterocycles. The van der Waals surface area contributed by atoms with Crippen molar-refractivity contribution in [2.24, 2.45) is 0 Å². The van der Waals surface area contributed by atoms with Gasteiger partial charge in [-0.05, 0) is 51.5 Å². The van der Waals surface area contributed by atoms with Crippen molar-refractivity contribution in [3.63, 3.8) is 0 Å². The van der Waals surface area contributed by atoms with Crippen LogP contribution in [0.15, 0.2) is 29.4 Å². The van der Waals surface area contributed by atoms with Gasteiger partial charge < -0.3 is 4.74 Å². The number of thioether (sulfide) groups is 1. The van der Waals surface area contributed by atoms with Crippen LogP contribution in [0.3, 0.4) is 0 Å². The topological polar surface area (TPSA) is 51.2 Å². The number of nitrogens with one attached hydrogen (secondary N) is 1. The first-order valence-corrected chi connectivity index (χ1v) is 7.85. The number of carbonyl (C=O) groups is 1. The molecule has 1 aromatic heterocycles. The van der Waals surface area contributed by atoms with E-state index in [0.29, 0.717) is 0 Å². The van der Waals surface area contributed by atoms with Crippen LogP contribution >= 0.6 is 11.8 Å². The molecule has 0 aromatic carbocycles. The van der Waals surface area contributed by atoms with Crippen molar-refractivity contribution in [3.8, 4) is 0 Å². The zero-order valence-electron chi connectivity index (χ0n) is 12.7. The van der Waals surface area contributed by atoms with Crippen LogP contribution in [0, 0.1) is 0 Å². The first-order valence-electron chi connectivity index (χ1n) is 6.87. The Morgan fingerprint density at radius 3 is 2.65 bits per heavy atom. The Hall–Kier alpha value is -1.07. The number of ether oxygens (including phenoxy) is 1. The van der Waals surface area contributed by atoms with Gasteiger partial charge in [-0.1, -0.05) is 0 Å². The summed E-state index contributed by atoms with van der Waals surface area (Å²) in [5.74, 6) is 0.774. The van der Waals surface area contributed by atoms with Gasteiger partial charge in [0, 0.05) is 23.3 Å². The third-order valence-electron chi connectivity index (χ3n) is 2.98. The zero-order valence-corrected chi connectivity index (χ0v) is 13.5. The third kappa shape index (κ3) is 5.51. The summed E-state index contributed by atoms with van der Waals surface area (Å²) in [7, 11) is 1.44. The van der Waals surface area contributed by atoms with Crippen LogP contribution in [-0.2, 0) is 9.53 Å². The van der Waals surface area contributed by atoms with Crippen LogP contribution in [0.5, 0.6) is 0 Å². The first kappa shape index (κ1) is 17.0. The molecule has 0 radical (unpaired) electrons. The van der Waals surface area contributed by atoms with Crippen LogP contribution in [0.1, 0.15) is 33.6 Å². The minimum absolute atomic E-state index is 0.194. The second-order valence-corrected chi connectivity index (χ2v) is 6.43. The van der Waals surface area contributed by atoms with E-state index in [0.717, 1.165) is 18.6 Å². The Morgan fingerprint density at radius 2 is 2.10 bits per heavy atom. The van der Waals surface area contributed by atoms with E-state index in [1.54, 1.807) is 24.2 Å². The summed E-state index contributed by atoms with van der Waals surface area (Å²) >= 11 is 1.78. The monoisotopic (exact) mass is 296 g/mol. The van der Waals surface area contributed by atoms with Gasteiger partial charge in [0.25, 0.3) is 0 Å². The largest absolute Gasteiger partial charge is 0.468 e. The Balaban J connectivity index is 2.44. The van der Waals surface area contributed by atoms with Gasteiger partial charge in [0.05, 0.1) is 7.11 Å². The maximum atomic E-state index is 11.9. The summed E-state index contributed by atoms with van der Waals surface area (Å²) in [4.78, 5) is 17.1. The molecule has 0 fully saturated rings. The van der Waals surface area contributed by atoms with Crippen molar-refractivity contribution in [2.75, 3.05) is 12.9 Å². The number of hydrogen-bond acceptors (Lipinski definition) is 5. The van der Waals surface area contributed by atoms with Crippen molar-refractivity contribution in [1.29, 1.82) is 0 Å². The van der Waals surface area contributed by atoms with Gasteiger partial charge in [-0.25, -0.2) is 0 Å². The standard InChI is InChI=1S/C15H24N2O2S/c1-12(2)17-15(3,14(18)19-4)8-5-11-20-13-6-9-16-10-7-13/h6-7,9-10,12,17H,5,8,11H2,1-4H3. The van der Waals surface area contributed by atoms with Crippen molar-refractivity contribution in [3.05, 3.63) is 24.5 Å². The molecule has 1 rings (SSSR count). The summed E-state index contributed by atoms with van der Waals surface area (Å²) in [6.45, 7) is 5.98. The number of pyridine rings is 1. The fourth-order valence-electron chi connectivity index (χ4n) is 2.15. The quantitative estimate of drug-likeness (QED) is 0.454. The Kier molecular flexibility index (Phi) is 7.02. The van der Waals surface area contributed by atoms with Gasteiger partial charge in [0.1, 0.15) is 5.54 Å². The normalized spacial score (nSPS) is 14.1. The average Bonchev–Trinajstić information content (AvgIpc) is 2.43. The molecule has 5 heteroatoms. The fraction of sp³-hybridized carbons (Fsp3) is 0.600. The Labute approximate surface area is 125 Å². The third-order valence-corrected chi connectivity index (χ3v) is 4.08. The Morgan fingerprint density at radius 1 is 1.45 bits per heavy atom. The van der Waals surface area contributed by atoms with E-state index in [9.17, 15) is 4.79 Å². The molecule has 0 bridgehead atoms. The smallest absolute Gasteiger partial charge is 0.325 e. The number of aromatic nitrogens is 1. The number of hydrogen-bond donors (Lipinski definition) is 1. The second kappa shape index (κ2) is 8.27. The molecule has 1 unspecified atom stereocenters. The molecular formula is C15H24N2O2S. The SMILES string of the molecule is COC(=O)C(C)(CCCSc1ccncc1)NC(C)C. The first-order chi connectivity index (χ1) is 9.48. The molecule has 0 spiro atoms. The van der Waals surface area contributed by atoms with Crippen LogP contribution in [0.4, 0.5) is 0 Å². The van der Waals surface area contributed by atoms with Gasteiger partial charge in [-0.3, -0.25) is 15.1 Å². The van der Waals surface area contributed by atoms with E-state index in [1.807, 2.05) is 32.9 Å². The minimum atomic E-state index is -0.609. The van der Waals surface area contributed by atoms with E-state index in [-0.39, 0.29) is 12.0 Å². The molecule has 112 valence electrons. The lowest BCUT2D eigenvalue weighted by molar-refractivity contribution is -0.148. The molecule has 0 saturated carbocycles. The van der Waals surface area contributed by atoms with Crippen molar-refractivity contribution in [1.82, 2.24) is 10.3 Å². The number of esters is 1. The van der Waals surface area contributed by atoms with Gasteiger partial charge in [0.2, 0.25) is 0 Å². The summed E-state index contributed by atoms with van der Waals surface area (Å²) in [5.41, 5.74) is -0.609. The molecule has 20 heavy (non-hydrogen) atoms. The molecule has 0 aliphatic carbocycles. The lowest BCUT2D eigenvalue weighted by atomic mass is 9.95. The number of carbonyl (C=O) groups excluding carboxylic acids is 1. The van der Waals surface area contributed by atoms with Crippen molar-refractivity contribution in [2.45, 2.75) is 50.1 Å². The zero-order chi connectivity index (χ0) is 15.0. The van der Waals surface area contributed by atoms with Crippen LogP contribution in [0.2, 0.25) is 0 Å². The maximum absolute atomic E-state index is 11.9. The molecule has 0 amide bonds. The highest BCUT2D eigenvalue weighted by Crippen LogP contribution is 2.21. The predicted octanol–water partition coefficient (Wildman–Crippen LogP) is 2.88. The highest BCUT2D eigenvalue weighted by molar-refractivity contribution is 7.99. The number of methoxy groups -OCH3 is 1. The number of rotatable bonds is 8.